The molecule has 2 heterocycles. The van der Waals surface area contributed by atoms with Gasteiger partial charge in [0.05, 0.1) is 18.9 Å². The first-order valence-corrected chi connectivity index (χ1v) is 12.6. The van der Waals surface area contributed by atoms with Crippen molar-refractivity contribution in [2.24, 2.45) is 5.10 Å². The summed E-state index contributed by atoms with van der Waals surface area (Å²) in [6.45, 7) is 0.353. The Hall–Kier alpha value is -4.54. The zero-order valence-corrected chi connectivity index (χ0v) is 21.3. The molecule has 0 unspecified atom stereocenters. The molecule has 0 aliphatic carbocycles. The van der Waals surface area contributed by atoms with Gasteiger partial charge >= 0.3 is 0 Å². The fraction of sp³-hybridized carbons (Fsp3) is 0.0741. The van der Waals surface area contributed by atoms with E-state index in [4.69, 9.17) is 20.8 Å². The van der Waals surface area contributed by atoms with Crippen molar-refractivity contribution in [2.75, 3.05) is 5.32 Å². The molecule has 5 rings (SSSR count). The number of carbonyl (C=O) groups is 2. The van der Waals surface area contributed by atoms with Gasteiger partial charge in [-0.25, -0.2) is 5.43 Å². The van der Waals surface area contributed by atoms with Crippen molar-refractivity contribution in [3.8, 4) is 5.75 Å². The van der Waals surface area contributed by atoms with Crippen molar-refractivity contribution in [2.45, 2.75) is 13.0 Å². The van der Waals surface area contributed by atoms with E-state index in [2.05, 4.69) is 44.2 Å². The zero-order chi connectivity index (χ0) is 26.3. The third kappa shape index (κ3) is 6.23. The van der Waals surface area contributed by atoms with Crippen LogP contribution in [0.2, 0.25) is 5.02 Å². The number of nitrogens with zero attached hydrogens (tertiary/aromatic N) is 3. The van der Waals surface area contributed by atoms with Crippen LogP contribution in [0.1, 0.15) is 26.7 Å². The predicted molar refractivity (Wildman–Crippen MR) is 146 cm³/mol. The SMILES string of the molecule is O=C(Cc1nnc(NC(=O)c2ccco2)s1)N/N=C\c1cc(Cl)ccc1OCc1cccc2ccccc12. The van der Waals surface area contributed by atoms with Crippen LogP contribution in [-0.4, -0.2) is 28.2 Å². The number of furan rings is 1. The van der Waals surface area contributed by atoms with Gasteiger partial charge in [-0.1, -0.05) is 65.4 Å². The summed E-state index contributed by atoms with van der Waals surface area (Å²) in [5.74, 6) is -0.134. The average molecular weight is 546 g/mol. The summed E-state index contributed by atoms with van der Waals surface area (Å²) in [5, 5.41) is 17.9. The van der Waals surface area contributed by atoms with E-state index in [0.29, 0.717) is 28.0 Å². The number of benzene rings is 3. The second-order valence-corrected chi connectivity index (χ2v) is 9.51. The molecule has 2 aromatic heterocycles. The highest BCUT2D eigenvalue weighted by molar-refractivity contribution is 7.15. The van der Waals surface area contributed by atoms with E-state index in [-0.39, 0.29) is 17.3 Å². The van der Waals surface area contributed by atoms with Gasteiger partial charge in [0.15, 0.2) is 5.76 Å². The summed E-state index contributed by atoms with van der Waals surface area (Å²) >= 11 is 7.26. The van der Waals surface area contributed by atoms with E-state index in [1.807, 2.05) is 24.3 Å². The number of amides is 2. The highest BCUT2D eigenvalue weighted by atomic mass is 35.5. The number of rotatable bonds is 9. The first-order valence-electron chi connectivity index (χ1n) is 11.4. The average Bonchev–Trinajstić information content (AvgIpc) is 3.61. The molecule has 11 heteroatoms. The van der Waals surface area contributed by atoms with E-state index >= 15 is 0 Å². The summed E-state index contributed by atoms with van der Waals surface area (Å²) in [6, 6.07) is 22.5. The summed E-state index contributed by atoms with van der Waals surface area (Å²) in [6.07, 6.45) is 2.80. The molecule has 2 N–H and O–H groups in total. The monoisotopic (exact) mass is 545 g/mol. The van der Waals surface area contributed by atoms with Gasteiger partial charge in [-0.15, -0.1) is 10.2 Å². The number of nitrogens with one attached hydrogen (secondary N) is 2. The van der Waals surface area contributed by atoms with Crippen molar-refractivity contribution in [1.82, 2.24) is 15.6 Å². The Labute approximate surface area is 226 Å². The molecule has 9 nitrogen and oxygen atoms in total. The maximum Gasteiger partial charge on any atom is 0.293 e. The molecule has 5 aromatic rings. The van der Waals surface area contributed by atoms with Gasteiger partial charge in [-0.05, 0) is 46.7 Å². The van der Waals surface area contributed by atoms with Crippen molar-refractivity contribution < 1.29 is 18.7 Å². The van der Waals surface area contributed by atoms with Crippen LogP contribution in [-0.2, 0) is 17.8 Å². The highest BCUT2D eigenvalue weighted by Gasteiger charge is 2.14. The Morgan fingerprint density at radius 1 is 1.05 bits per heavy atom. The van der Waals surface area contributed by atoms with Crippen LogP contribution in [0.3, 0.4) is 0 Å². The van der Waals surface area contributed by atoms with Gasteiger partial charge in [-0.2, -0.15) is 5.10 Å². The first kappa shape index (κ1) is 25.1. The van der Waals surface area contributed by atoms with Crippen LogP contribution in [0.5, 0.6) is 5.75 Å². The fourth-order valence-corrected chi connectivity index (χ4v) is 4.53. The van der Waals surface area contributed by atoms with Gasteiger partial charge < -0.3 is 9.15 Å². The minimum Gasteiger partial charge on any atom is -0.488 e. The lowest BCUT2D eigenvalue weighted by molar-refractivity contribution is -0.120. The third-order valence-electron chi connectivity index (χ3n) is 5.37. The van der Waals surface area contributed by atoms with Crippen LogP contribution >= 0.6 is 22.9 Å². The standard InChI is InChI=1S/C27H20ClN5O4S/c28-20-10-11-22(37-16-18-7-3-6-17-5-1-2-8-21(17)18)19(13-20)15-29-31-24(34)14-25-32-33-27(38-25)30-26(35)23-9-4-12-36-23/h1-13,15H,14,16H2,(H,31,34)(H,30,33,35)/b29-15-. The van der Waals surface area contributed by atoms with Gasteiger partial charge in [0.2, 0.25) is 11.0 Å². The normalized spacial score (nSPS) is 11.1. The molecular weight excluding hydrogens is 526 g/mol. The number of aromatic nitrogens is 2. The minimum atomic E-state index is -0.452. The molecule has 0 saturated heterocycles. The van der Waals surface area contributed by atoms with Gasteiger partial charge in [-0.3, -0.25) is 14.9 Å². The number of carbonyl (C=O) groups excluding carboxylic acids is 2. The lowest BCUT2D eigenvalue weighted by atomic mass is 10.1. The summed E-state index contributed by atoms with van der Waals surface area (Å²) in [7, 11) is 0. The lowest BCUT2D eigenvalue weighted by Crippen LogP contribution is -2.19. The Balaban J connectivity index is 1.18. The van der Waals surface area contributed by atoms with Crippen molar-refractivity contribution in [3.05, 3.63) is 106 Å². The molecule has 2 amide bonds. The second kappa shape index (κ2) is 11.7. The summed E-state index contributed by atoms with van der Waals surface area (Å²) in [4.78, 5) is 24.4. The number of halogens is 1. The van der Waals surface area contributed by atoms with Crippen LogP contribution in [0.25, 0.3) is 10.8 Å². The topological polar surface area (TPSA) is 119 Å². The lowest BCUT2D eigenvalue weighted by Gasteiger charge is -2.11. The van der Waals surface area contributed by atoms with Gasteiger partial charge in [0, 0.05) is 10.6 Å². The number of fused-ring (bicyclic) bond motifs is 1. The molecule has 0 bridgehead atoms. The van der Waals surface area contributed by atoms with Crippen LogP contribution in [0.4, 0.5) is 5.13 Å². The smallest absolute Gasteiger partial charge is 0.293 e. The number of hydrogen-bond donors (Lipinski definition) is 2. The maximum absolute atomic E-state index is 12.4. The highest BCUT2D eigenvalue weighted by Crippen LogP contribution is 2.25. The number of ether oxygens (including phenoxy) is 1. The molecule has 3 aromatic carbocycles. The molecule has 0 aliphatic heterocycles. The second-order valence-electron chi connectivity index (χ2n) is 8.01. The summed E-state index contributed by atoms with van der Waals surface area (Å²) < 4.78 is 11.1. The number of hydrogen-bond acceptors (Lipinski definition) is 8. The van der Waals surface area contributed by atoms with E-state index in [0.717, 1.165) is 27.7 Å². The molecule has 0 aliphatic rings. The molecule has 38 heavy (non-hydrogen) atoms. The molecule has 0 saturated carbocycles. The zero-order valence-electron chi connectivity index (χ0n) is 19.8. The Morgan fingerprint density at radius 3 is 2.79 bits per heavy atom. The van der Waals surface area contributed by atoms with E-state index in [1.165, 1.54) is 18.5 Å². The largest absolute Gasteiger partial charge is 0.488 e. The molecule has 0 atom stereocenters. The predicted octanol–water partition coefficient (Wildman–Crippen LogP) is 5.46. The van der Waals surface area contributed by atoms with Crippen molar-refractivity contribution in [1.29, 1.82) is 0 Å². The number of hydrazone groups is 1. The molecule has 190 valence electrons. The minimum absolute atomic E-state index is 0.0639. The Morgan fingerprint density at radius 2 is 1.92 bits per heavy atom. The van der Waals surface area contributed by atoms with Gasteiger partial charge in [0.25, 0.3) is 5.91 Å². The van der Waals surface area contributed by atoms with E-state index in [1.54, 1.807) is 24.3 Å². The molecular formula is C27H20ClN5O4S. The third-order valence-corrected chi connectivity index (χ3v) is 6.45. The fourth-order valence-electron chi connectivity index (χ4n) is 3.62. The quantitative estimate of drug-likeness (QED) is 0.187. The van der Waals surface area contributed by atoms with E-state index in [9.17, 15) is 9.59 Å². The van der Waals surface area contributed by atoms with Crippen LogP contribution in [0.15, 0.2) is 88.6 Å². The van der Waals surface area contributed by atoms with Gasteiger partial charge in [0.1, 0.15) is 17.4 Å². The summed E-state index contributed by atoms with van der Waals surface area (Å²) in [5.41, 5.74) is 4.12. The van der Waals surface area contributed by atoms with Crippen LogP contribution in [0, 0.1) is 0 Å². The first-order chi connectivity index (χ1) is 18.5. The van der Waals surface area contributed by atoms with Crippen molar-refractivity contribution >= 4 is 56.9 Å². The van der Waals surface area contributed by atoms with Crippen molar-refractivity contribution in [3.63, 3.8) is 0 Å². The molecule has 0 spiro atoms. The molecule has 0 fully saturated rings. The maximum atomic E-state index is 12.4. The number of anilines is 1. The molecule has 0 radical (unpaired) electrons. The Kier molecular flexibility index (Phi) is 7.72. The van der Waals surface area contributed by atoms with E-state index < -0.39 is 11.8 Å². The Bertz CT molecular complexity index is 1610. The van der Waals surface area contributed by atoms with Crippen LogP contribution < -0.4 is 15.5 Å².